The number of nitrogens with one attached hydrogen (secondary N) is 1. The predicted octanol–water partition coefficient (Wildman–Crippen LogP) is 4.49. The van der Waals surface area contributed by atoms with E-state index in [1.165, 1.54) is 0 Å². The van der Waals surface area contributed by atoms with E-state index in [1.54, 1.807) is 28.6 Å². The fraction of sp³-hybridized carbons (Fsp3) is 0.500. The van der Waals surface area contributed by atoms with Crippen molar-refractivity contribution < 1.29 is 8.42 Å². The first-order chi connectivity index (χ1) is 12.0. The number of hydrogen-bond donors (Lipinski definition) is 1. The minimum absolute atomic E-state index is 0.0936. The number of hydrogen-bond acceptors (Lipinski definition) is 3. The van der Waals surface area contributed by atoms with E-state index in [-0.39, 0.29) is 22.9 Å². The number of benzene rings is 1. The predicted molar refractivity (Wildman–Crippen MR) is 99.2 cm³/mol. The van der Waals surface area contributed by atoms with E-state index >= 15 is 0 Å². The second kappa shape index (κ2) is 7.09. The summed E-state index contributed by atoms with van der Waals surface area (Å²) in [4.78, 5) is 0.288. The Bertz CT molecular complexity index is 832. The van der Waals surface area contributed by atoms with Gasteiger partial charge in [-0.1, -0.05) is 32.4 Å². The van der Waals surface area contributed by atoms with Gasteiger partial charge >= 0.3 is 0 Å². The molecule has 0 aliphatic carbocycles. The van der Waals surface area contributed by atoms with E-state index in [1.807, 2.05) is 20.0 Å². The molecule has 0 spiro atoms. The highest BCUT2D eigenvalue weighted by atomic mass is 35.5. The monoisotopic (exact) mass is 381 g/mol. The molecule has 3 rings (SSSR count). The number of sulfonamides is 1. The van der Waals surface area contributed by atoms with Crippen LogP contribution < -0.4 is 0 Å². The van der Waals surface area contributed by atoms with Crippen LogP contribution in [0.15, 0.2) is 35.4 Å². The molecule has 2 aromatic rings. The van der Waals surface area contributed by atoms with Gasteiger partial charge in [0.25, 0.3) is 0 Å². The normalized spacial score (nSPS) is 24.2. The zero-order valence-electron chi connectivity index (χ0n) is 14.7. The lowest BCUT2D eigenvalue weighted by Gasteiger charge is -2.44. The van der Waals surface area contributed by atoms with Crippen molar-refractivity contribution in [3.05, 3.63) is 46.7 Å². The Morgan fingerprint density at radius 2 is 1.80 bits per heavy atom. The van der Waals surface area contributed by atoms with E-state index in [0.29, 0.717) is 11.4 Å². The van der Waals surface area contributed by atoms with E-state index in [4.69, 9.17) is 11.6 Å². The molecule has 1 aliphatic heterocycles. The van der Waals surface area contributed by atoms with Crippen molar-refractivity contribution in [3.8, 4) is 0 Å². The summed E-state index contributed by atoms with van der Waals surface area (Å²) in [6.45, 7) is 6.15. The van der Waals surface area contributed by atoms with Crippen LogP contribution in [0.4, 0.5) is 0 Å². The maximum absolute atomic E-state index is 13.5. The lowest BCUT2D eigenvalue weighted by Crippen LogP contribution is -2.48. The number of halogens is 1. The van der Waals surface area contributed by atoms with Crippen molar-refractivity contribution in [1.29, 1.82) is 0 Å². The summed E-state index contributed by atoms with van der Waals surface area (Å²) in [6, 6.07) is 6.11. The maximum atomic E-state index is 13.5. The first-order valence-electron chi connectivity index (χ1n) is 8.78. The van der Waals surface area contributed by atoms with Crippen molar-refractivity contribution in [1.82, 2.24) is 14.5 Å². The van der Waals surface area contributed by atoms with Gasteiger partial charge in [-0.15, -0.1) is 0 Å². The molecule has 0 radical (unpaired) electrons. The van der Waals surface area contributed by atoms with Gasteiger partial charge < -0.3 is 0 Å². The van der Waals surface area contributed by atoms with Crippen LogP contribution in [0, 0.1) is 0 Å². The highest BCUT2D eigenvalue weighted by molar-refractivity contribution is 7.89. The Kier molecular flexibility index (Phi) is 5.23. The van der Waals surface area contributed by atoms with Crippen LogP contribution in [0.5, 0.6) is 0 Å². The zero-order chi connectivity index (χ0) is 18.2. The van der Waals surface area contributed by atoms with Crippen LogP contribution >= 0.6 is 11.6 Å². The summed E-state index contributed by atoms with van der Waals surface area (Å²) in [7, 11) is -3.63. The molecule has 3 unspecified atom stereocenters. The Labute approximate surface area is 154 Å². The molecule has 25 heavy (non-hydrogen) atoms. The van der Waals surface area contributed by atoms with Crippen LogP contribution in [-0.4, -0.2) is 29.0 Å². The summed E-state index contributed by atoms with van der Waals surface area (Å²) in [5, 5.41) is 7.91. The van der Waals surface area contributed by atoms with Gasteiger partial charge in [0.2, 0.25) is 10.0 Å². The molecule has 136 valence electrons. The molecule has 0 fully saturated rings. The molecule has 1 aromatic heterocycles. The van der Waals surface area contributed by atoms with Crippen molar-refractivity contribution >= 4 is 21.6 Å². The van der Waals surface area contributed by atoms with Gasteiger partial charge in [0.15, 0.2) is 0 Å². The molecule has 7 heteroatoms. The van der Waals surface area contributed by atoms with E-state index in [9.17, 15) is 8.42 Å². The zero-order valence-corrected chi connectivity index (χ0v) is 16.3. The van der Waals surface area contributed by atoms with Crippen molar-refractivity contribution in [3.63, 3.8) is 0 Å². The third-order valence-corrected chi connectivity index (χ3v) is 7.34. The van der Waals surface area contributed by atoms with E-state index in [0.717, 1.165) is 24.1 Å². The van der Waals surface area contributed by atoms with Crippen LogP contribution in [0.1, 0.15) is 63.3 Å². The standard InChI is InChI=1S/C18H24ClN3O2S/c1-4-14-16(5-2)22(17(6-3)15-11-20-21-18(14)15)25(23,24)13-9-7-12(19)8-10-13/h7-11,14,16-17H,4-6H2,1-3H3,(H,20,21). The third-order valence-electron chi connectivity index (χ3n) is 5.14. The molecule has 0 amide bonds. The number of rotatable bonds is 5. The molecule has 0 bridgehead atoms. The Hall–Kier alpha value is -1.37. The smallest absolute Gasteiger partial charge is 0.243 e. The van der Waals surface area contributed by atoms with Gasteiger partial charge in [0, 0.05) is 28.7 Å². The lowest BCUT2D eigenvalue weighted by atomic mass is 9.82. The highest BCUT2D eigenvalue weighted by Gasteiger charge is 2.46. The van der Waals surface area contributed by atoms with Gasteiger partial charge in [-0.2, -0.15) is 9.40 Å². The number of aromatic amines is 1. The number of fused-ring (bicyclic) bond motifs is 1. The quantitative estimate of drug-likeness (QED) is 0.829. The second-order valence-corrected chi connectivity index (χ2v) is 8.71. The molecule has 1 aliphatic rings. The Balaban J connectivity index is 2.16. The first-order valence-corrected chi connectivity index (χ1v) is 10.6. The summed E-state index contributed by atoms with van der Waals surface area (Å²) in [5.74, 6) is 0.0936. The summed E-state index contributed by atoms with van der Waals surface area (Å²) in [6.07, 6.45) is 4.14. The summed E-state index contributed by atoms with van der Waals surface area (Å²) >= 11 is 5.94. The molecule has 5 nitrogen and oxygen atoms in total. The topological polar surface area (TPSA) is 66.1 Å². The summed E-state index contributed by atoms with van der Waals surface area (Å²) in [5.41, 5.74) is 2.01. The van der Waals surface area contributed by atoms with Gasteiger partial charge in [-0.05, 0) is 43.5 Å². The van der Waals surface area contributed by atoms with Crippen molar-refractivity contribution in [2.24, 2.45) is 0 Å². The van der Waals surface area contributed by atoms with E-state index < -0.39 is 10.0 Å². The molecule has 0 saturated heterocycles. The van der Waals surface area contributed by atoms with Gasteiger partial charge in [0.1, 0.15) is 0 Å². The Morgan fingerprint density at radius 1 is 1.12 bits per heavy atom. The van der Waals surface area contributed by atoms with Crippen LogP contribution in [0.25, 0.3) is 0 Å². The average molecular weight is 382 g/mol. The minimum atomic E-state index is -3.63. The van der Waals surface area contributed by atoms with E-state index in [2.05, 4.69) is 17.1 Å². The van der Waals surface area contributed by atoms with Crippen LogP contribution in [-0.2, 0) is 10.0 Å². The molecular weight excluding hydrogens is 358 g/mol. The van der Waals surface area contributed by atoms with Crippen molar-refractivity contribution in [2.45, 2.75) is 62.9 Å². The molecule has 1 aromatic carbocycles. The van der Waals surface area contributed by atoms with Crippen LogP contribution in [0.3, 0.4) is 0 Å². The van der Waals surface area contributed by atoms with Gasteiger partial charge in [-0.3, -0.25) is 5.10 Å². The van der Waals surface area contributed by atoms with Crippen molar-refractivity contribution in [2.75, 3.05) is 0 Å². The lowest BCUT2D eigenvalue weighted by molar-refractivity contribution is 0.183. The number of H-pyrrole nitrogens is 1. The molecule has 2 heterocycles. The first kappa shape index (κ1) is 18.4. The second-order valence-electron chi connectivity index (χ2n) is 6.43. The summed E-state index contributed by atoms with van der Waals surface area (Å²) < 4.78 is 28.7. The maximum Gasteiger partial charge on any atom is 0.243 e. The van der Waals surface area contributed by atoms with Gasteiger partial charge in [-0.25, -0.2) is 8.42 Å². The number of nitrogens with zero attached hydrogens (tertiary/aromatic N) is 2. The van der Waals surface area contributed by atoms with Crippen LogP contribution in [0.2, 0.25) is 5.02 Å². The third kappa shape index (κ3) is 3.00. The highest BCUT2D eigenvalue weighted by Crippen LogP contribution is 2.45. The number of aromatic nitrogens is 2. The average Bonchev–Trinajstić information content (AvgIpc) is 3.09. The molecule has 3 atom stereocenters. The SMILES string of the molecule is CCC1c2n[nH]cc2C(CC)N(S(=O)(=O)c2ccc(Cl)cc2)C1CC. The molecule has 1 N–H and O–H groups in total. The molecular formula is C18H24ClN3O2S. The fourth-order valence-electron chi connectivity index (χ4n) is 4.01. The largest absolute Gasteiger partial charge is 0.285 e. The molecule has 0 saturated carbocycles. The van der Waals surface area contributed by atoms with Gasteiger partial charge in [0.05, 0.1) is 16.6 Å². The minimum Gasteiger partial charge on any atom is -0.285 e. The fourth-order valence-corrected chi connectivity index (χ4v) is 6.10. The Morgan fingerprint density at radius 3 is 2.36 bits per heavy atom.